The summed E-state index contributed by atoms with van der Waals surface area (Å²) in [6.45, 7) is 1.53. The van der Waals surface area contributed by atoms with E-state index in [0.717, 1.165) is 18.1 Å². The van der Waals surface area contributed by atoms with Crippen LogP contribution in [0.2, 0.25) is 0 Å². The van der Waals surface area contributed by atoms with Crippen molar-refractivity contribution in [2.45, 2.75) is 31.2 Å². The van der Waals surface area contributed by atoms with Crippen molar-refractivity contribution in [1.82, 2.24) is 10.6 Å². The molecular formula is C21H24N4. The Morgan fingerprint density at radius 1 is 1.12 bits per heavy atom. The molecule has 128 valence electrons. The molecule has 4 heteroatoms. The molecule has 1 aliphatic rings. The molecule has 0 unspecified atom stereocenters. The van der Waals surface area contributed by atoms with Gasteiger partial charge in [-0.3, -0.25) is 4.99 Å². The lowest BCUT2D eigenvalue weighted by atomic mass is 9.64. The zero-order chi connectivity index (χ0) is 17.5. The minimum Gasteiger partial charge on any atom is -0.356 e. The van der Waals surface area contributed by atoms with E-state index in [2.05, 4.69) is 52.0 Å². The first-order chi connectivity index (χ1) is 12.3. The molecule has 1 saturated carbocycles. The molecule has 0 saturated heterocycles. The highest BCUT2D eigenvalue weighted by atomic mass is 15.2. The highest BCUT2D eigenvalue weighted by molar-refractivity contribution is 5.79. The fourth-order valence-corrected chi connectivity index (χ4v) is 3.37. The molecule has 0 spiro atoms. The zero-order valence-corrected chi connectivity index (χ0v) is 14.6. The molecule has 25 heavy (non-hydrogen) atoms. The normalized spacial score (nSPS) is 15.8. The Morgan fingerprint density at radius 3 is 2.56 bits per heavy atom. The summed E-state index contributed by atoms with van der Waals surface area (Å²) >= 11 is 0. The van der Waals surface area contributed by atoms with E-state index >= 15 is 0 Å². The van der Waals surface area contributed by atoms with Gasteiger partial charge in [0, 0.05) is 25.6 Å². The van der Waals surface area contributed by atoms with E-state index in [4.69, 9.17) is 5.26 Å². The quantitative estimate of drug-likeness (QED) is 0.652. The summed E-state index contributed by atoms with van der Waals surface area (Å²) in [5.74, 6) is 0.796. The van der Waals surface area contributed by atoms with E-state index in [1.54, 1.807) is 7.05 Å². The third-order valence-electron chi connectivity index (χ3n) is 5.03. The second-order valence-electron chi connectivity index (χ2n) is 6.59. The summed E-state index contributed by atoms with van der Waals surface area (Å²) in [6, 6.07) is 20.6. The summed E-state index contributed by atoms with van der Waals surface area (Å²) in [7, 11) is 1.79. The number of hydrogen-bond acceptors (Lipinski definition) is 2. The molecule has 0 amide bonds. The van der Waals surface area contributed by atoms with Crippen LogP contribution in [-0.4, -0.2) is 19.6 Å². The summed E-state index contributed by atoms with van der Waals surface area (Å²) in [5.41, 5.74) is 3.38. The lowest BCUT2D eigenvalue weighted by Gasteiger charge is -2.43. The van der Waals surface area contributed by atoms with Gasteiger partial charge in [-0.25, -0.2) is 0 Å². The first kappa shape index (κ1) is 17.0. The van der Waals surface area contributed by atoms with E-state index in [-0.39, 0.29) is 5.41 Å². The van der Waals surface area contributed by atoms with Crippen LogP contribution < -0.4 is 10.6 Å². The maximum absolute atomic E-state index is 8.99. The van der Waals surface area contributed by atoms with Crippen LogP contribution in [0, 0.1) is 11.3 Å². The molecule has 0 atom stereocenters. The summed E-state index contributed by atoms with van der Waals surface area (Å²) < 4.78 is 0. The average Bonchev–Trinajstić information content (AvgIpc) is 2.64. The van der Waals surface area contributed by atoms with Crippen LogP contribution in [0.1, 0.15) is 36.0 Å². The van der Waals surface area contributed by atoms with Gasteiger partial charge in [0.15, 0.2) is 5.96 Å². The largest absolute Gasteiger partial charge is 0.356 e. The Hall–Kier alpha value is -2.80. The first-order valence-corrected chi connectivity index (χ1v) is 8.75. The van der Waals surface area contributed by atoms with Crippen LogP contribution >= 0.6 is 0 Å². The van der Waals surface area contributed by atoms with Crippen LogP contribution in [0.4, 0.5) is 0 Å². The molecule has 1 fully saturated rings. The predicted octanol–water partition coefficient (Wildman–Crippen LogP) is 3.35. The lowest BCUT2D eigenvalue weighted by molar-refractivity contribution is 0.244. The van der Waals surface area contributed by atoms with Crippen molar-refractivity contribution in [3.05, 3.63) is 71.3 Å². The Labute approximate surface area is 149 Å². The standard InChI is InChI=1S/C21H24N4/c1-23-20(24-15-18-8-5-7-17(13-18)14-22)25-16-21(11-6-12-21)19-9-3-2-4-10-19/h2-5,7-10,13H,6,11-12,15-16H2,1H3,(H2,23,24,25). The van der Waals surface area contributed by atoms with E-state index in [1.165, 1.54) is 24.8 Å². The Morgan fingerprint density at radius 2 is 1.92 bits per heavy atom. The number of benzene rings is 2. The van der Waals surface area contributed by atoms with Gasteiger partial charge in [0.25, 0.3) is 0 Å². The van der Waals surface area contributed by atoms with Crippen molar-refractivity contribution in [2.24, 2.45) is 4.99 Å². The molecule has 1 aliphatic carbocycles. The van der Waals surface area contributed by atoms with E-state index in [1.807, 2.05) is 24.3 Å². The van der Waals surface area contributed by atoms with Gasteiger partial charge in [0.05, 0.1) is 11.6 Å². The highest BCUT2D eigenvalue weighted by Gasteiger charge is 2.38. The fraction of sp³-hybridized carbons (Fsp3) is 0.333. The number of nitrogens with one attached hydrogen (secondary N) is 2. The molecule has 0 bridgehead atoms. The number of nitriles is 1. The van der Waals surface area contributed by atoms with Crippen LogP contribution in [0.3, 0.4) is 0 Å². The lowest BCUT2D eigenvalue weighted by Crippen LogP contribution is -2.48. The van der Waals surface area contributed by atoms with Crippen LogP contribution in [0.15, 0.2) is 59.6 Å². The number of hydrogen-bond donors (Lipinski definition) is 2. The molecule has 2 aromatic carbocycles. The second kappa shape index (κ2) is 7.85. The predicted molar refractivity (Wildman–Crippen MR) is 101 cm³/mol. The van der Waals surface area contributed by atoms with Gasteiger partial charge < -0.3 is 10.6 Å². The molecule has 0 radical (unpaired) electrons. The maximum Gasteiger partial charge on any atom is 0.191 e. The van der Waals surface area contributed by atoms with E-state index in [0.29, 0.717) is 12.1 Å². The number of guanidine groups is 1. The van der Waals surface area contributed by atoms with Crippen molar-refractivity contribution in [3.63, 3.8) is 0 Å². The molecular weight excluding hydrogens is 308 g/mol. The van der Waals surface area contributed by atoms with Gasteiger partial charge in [0.2, 0.25) is 0 Å². The SMILES string of the molecule is CN=C(NCc1cccc(C#N)c1)NCC1(c2ccccc2)CCC1. The molecule has 2 aromatic rings. The Balaban J connectivity index is 1.58. The first-order valence-electron chi connectivity index (χ1n) is 8.75. The monoisotopic (exact) mass is 332 g/mol. The van der Waals surface area contributed by atoms with Crippen molar-refractivity contribution in [2.75, 3.05) is 13.6 Å². The molecule has 4 nitrogen and oxygen atoms in total. The minimum atomic E-state index is 0.222. The topological polar surface area (TPSA) is 60.2 Å². The van der Waals surface area contributed by atoms with E-state index in [9.17, 15) is 0 Å². The van der Waals surface area contributed by atoms with Crippen molar-refractivity contribution in [1.29, 1.82) is 5.26 Å². The Bertz CT molecular complexity index is 770. The van der Waals surface area contributed by atoms with Gasteiger partial charge in [-0.2, -0.15) is 5.26 Å². The van der Waals surface area contributed by atoms with Gasteiger partial charge in [0.1, 0.15) is 0 Å². The van der Waals surface area contributed by atoms with Crippen LogP contribution in [0.25, 0.3) is 0 Å². The average molecular weight is 332 g/mol. The van der Waals surface area contributed by atoms with Crippen LogP contribution in [-0.2, 0) is 12.0 Å². The van der Waals surface area contributed by atoms with Crippen molar-refractivity contribution < 1.29 is 0 Å². The fourth-order valence-electron chi connectivity index (χ4n) is 3.37. The van der Waals surface area contributed by atoms with E-state index < -0.39 is 0 Å². The third-order valence-corrected chi connectivity index (χ3v) is 5.03. The molecule has 0 aliphatic heterocycles. The molecule has 0 heterocycles. The van der Waals surface area contributed by atoms with Gasteiger partial charge in [-0.15, -0.1) is 0 Å². The summed E-state index contributed by atoms with van der Waals surface area (Å²) in [4.78, 5) is 4.33. The van der Waals surface area contributed by atoms with Crippen molar-refractivity contribution in [3.8, 4) is 6.07 Å². The number of aliphatic imine (C=N–C) groups is 1. The van der Waals surface area contributed by atoms with Gasteiger partial charge >= 0.3 is 0 Å². The summed E-state index contributed by atoms with van der Waals surface area (Å²) in [6.07, 6.45) is 3.71. The smallest absolute Gasteiger partial charge is 0.191 e. The molecule has 0 aromatic heterocycles. The van der Waals surface area contributed by atoms with Crippen molar-refractivity contribution >= 4 is 5.96 Å². The highest BCUT2D eigenvalue weighted by Crippen LogP contribution is 2.43. The van der Waals surface area contributed by atoms with Gasteiger partial charge in [-0.05, 0) is 36.1 Å². The molecule has 3 rings (SSSR count). The maximum atomic E-state index is 8.99. The van der Waals surface area contributed by atoms with Crippen LogP contribution in [0.5, 0.6) is 0 Å². The number of nitrogens with zero attached hydrogens (tertiary/aromatic N) is 2. The second-order valence-corrected chi connectivity index (χ2v) is 6.59. The Kier molecular flexibility index (Phi) is 5.35. The summed E-state index contributed by atoms with van der Waals surface area (Å²) in [5, 5.41) is 15.8. The zero-order valence-electron chi connectivity index (χ0n) is 14.6. The van der Waals surface area contributed by atoms with Gasteiger partial charge in [-0.1, -0.05) is 48.9 Å². The molecule has 2 N–H and O–H groups in total. The third kappa shape index (κ3) is 4.00. The number of rotatable bonds is 5. The minimum absolute atomic E-state index is 0.222.